The molecule has 0 amide bonds. The molecule has 2 aromatic heterocycles. The summed E-state index contributed by atoms with van der Waals surface area (Å²) in [6.45, 7) is 0.0679. The molecule has 2 heterocycles. The molecule has 1 aromatic carbocycles. The van der Waals surface area contributed by atoms with E-state index < -0.39 is 15.8 Å². The van der Waals surface area contributed by atoms with E-state index in [0.29, 0.717) is 0 Å². The Balaban J connectivity index is 1.84. The number of hydrogen-bond donors (Lipinski definition) is 1. The summed E-state index contributed by atoms with van der Waals surface area (Å²) >= 11 is 7.18. The molecule has 0 saturated carbocycles. The number of benzene rings is 1. The number of pyridine rings is 1. The van der Waals surface area contributed by atoms with Crippen LogP contribution in [0.15, 0.2) is 58.9 Å². The van der Waals surface area contributed by atoms with E-state index in [0.717, 1.165) is 28.3 Å². The molecule has 0 fully saturated rings. The minimum absolute atomic E-state index is 0.0679. The van der Waals surface area contributed by atoms with Gasteiger partial charge in [-0.1, -0.05) is 23.7 Å². The Kier molecular flexibility index (Phi) is 4.96. The third-order valence-electron chi connectivity index (χ3n) is 3.30. The van der Waals surface area contributed by atoms with Crippen molar-refractivity contribution >= 4 is 33.0 Å². The van der Waals surface area contributed by atoms with Crippen molar-refractivity contribution in [3.63, 3.8) is 0 Å². The monoisotopic (exact) mass is 382 g/mol. The topological polar surface area (TPSA) is 59.1 Å². The second-order valence-electron chi connectivity index (χ2n) is 4.89. The lowest BCUT2D eigenvalue weighted by molar-refractivity contribution is 0.580. The number of hydrogen-bond acceptors (Lipinski definition) is 4. The minimum atomic E-state index is -3.81. The number of thiophene rings is 1. The van der Waals surface area contributed by atoms with E-state index in [1.165, 1.54) is 17.4 Å². The molecule has 4 nitrogen and oxygen atoms in total. The Labute approximate surface area is 148 Å². The first-order valence-corrected chi connectivity index (χ1v) is 9.64. The van der Waals surface area contributed by atoms with Crippen molar-refractivity contribution in [3.8, 4) is 10.6 Å². The molecule has 124 valence electrons. The van der Waals surface area contributed by atoms with Gasteiger partial charge in [0.1, 0.15) is 5.82 Å². The molecule has 0 bridgehead atoms. The van der Waals surface area contributed by atoms with Crippen LogP contribution in [0.4, 0.5) is 4.39 Å². The van der Waals surface area contributed by atoms with Gasteiger partial charge in [0.25, 0.3) is 0 Å². The number of rotatable bonds is 5. The lowest BCUT2D eigenvalue weighted by atomic mass is 10.2. The fourth-order valence-electron chi connectivity index (χ4n) is 2.12. The van der Waals surface area contributed by atoms with Crippen molar-refractivity contribution in [3.05, 3.63) is 70.4 Å². The van der Waals surface area contributed by atoms with Gasteiger partial charge in [0.05, 0.1) is 20.5 Å². The highest BCUT2D eigenvalue weighted by Gasteiger charge is 2.17. The summed E-state index contributed by atoms with van der Waals surface area (Å²) in [7, 11) is -3.81. The van der Waals surface area contributed by atoms with Crippen LogP contribution in [-0.4, -0.2) is 13.4 Å². The Morgan fingerprint density at radius 2 is 2.04 bits per heavy atom. The summed E-state index contributed by atoms with van der Waals surface area (Å²) in [5.41, 5.74) is 1.48. The fraction of sp³-hybridized carbons (Fsp3) is 0.0625. The average Bonchev–Trinajstić information content (AvgIpc) is 3.10. The Morgan fingerprint density at radius 1 is 1.21 bits per heavy atom. The van der Waals surface area contributed by atoms with Gasteiger partial charge in [-0.05, 0) is 41.3 Å². The zero-order valence-corrected chi connectivity index (χ0v) is 14.6. The van der Waals surface area contributed by atoms with Gasteiger partial charge in [0.15, 0.2) is 0 Å². The second-order valence-corrected chi connectivity index (χ2v) is 8.01. The van der Waals surface area contributed by atoms with Crippen LogP contribution in [0, 0.1) is 5.82 Å². The van der Waals surface area contributed by atoms with E-state index in [4.69, 9.17) is 11.6 Å². The molecule has 3 aromatic rings. The normalized spacial score (nSPS) is 11.6. The van der Waals surface area contributed by atoms with Gasteiger partial charge in [0, 0.05) is 12.7 Å². The molecule has 0 unspecified atom stereocenters. The van der Waals surface area contributed by atoms with Gasteiger partial charge in [-0.15, -0.1) is 11.3 Å². The van der Waals surface area contributed by atoms with E-state index in [2.05, 4.69) is 9.71 Å². The summed E-state index contributed by atoms with van der Waals surface area (Å²) in [5, 5.41) is 1.69. The van der Waals surface area contributed by atoms with Gasteiger partial charge >= 0.3 is 0 Å². The number of aromatic nitrogens is 1. The first kappa shape index (κ1) is 17.0. The summed E-state index contributed by atoms with van der Waals surface area (Å²) in [6, 6.07) is 10.7. The molecule has 3 rings (SSSR count). The molecular formula is C16H12ClFN2O2S2. The molecule has 0 spiro atoms. The third-order valence-corrected chi connectivity index (χ3v) is 5.86. The van der Waals surface area contributed by atoms with Gasteiger partial charge < -0.3 is 0 Å². The van der Waals surface area contributed by atoms with Crippen molar-refractivity contribution in [2.45, 2.75) is 11.4 Å². The molecule has 24 heavy (non-hydrogen) atoms. The van der Waals surface area contributed by atoms with E-state index in [-0.39, 0.29) is 16.5 Å². The predicted molar refractivity (Wildman–Crippen MR) is 93.0 cm³/mol. The maximum atomic E-state index is 13.2. The molecule has 0 aliphatic carbocycles. The largest absolute Gasteiger partial charge is 0.255 e. The summed E-state index contributed by atoms with van der Waals surface area (Å²) in [4.78, 5) is 5.19. The smallest absolute Gasteiger partial charge is 0.240 e. The minimum Gasteiger partial charge on any atom is -0.255 e. The van der Waals surface area contributed by atoms with Crippen LogP contribution in [0.3, 0.4) is 0 Å². The standard InChI is InChI=1S/C16H12ClFN2O2S2/c17-13-9-12(5-6-14(13)18)24(21,22)20-10-11-3-1-7-19-16(11)15-4-2-8-23-15/h1-9,20H,10H2. The van der Waals surface area contributed by atoms with Crippen LogP contribution in [0.2, 0.25) is 5.02 Å². The zero-order chi connectivity index (χ0) is 17.2. The fourth-order valence-corrected chi connectivity index (χ4v) is 4.15. The lowest BCUT2D eigenvalue weighted by Crippen LogP contribution is -2.23. The van der Waals surface area contributed by atoms with Gasteiger partial charge in [-0.2, -0.15) is 0 Å². The maximum absolute atomic E-state index is 13.2. The maximum Gasteiger partial charge on any atom is 0.240 e. The molecule has 0 radical (unpaired) electrons. The van der Waals surface area contributed by atoms with Crippen LogP contribution >= 0.6 is 22.9 Å². The number of sulfonamides is 1. The average molecular weight is 383 g/mol. The van der Waals surface area contributed by atoms with E-state index >= 15 is 0 Å². The molecule has 0 atom stereocenters. The highest BCUT2D eigenvalue weighted by molar-refractivity contribution is 7.89. The van der Waals surface area contributed by atoms with Crippen LogP contribution in [0.5, 0.6) is 0 Å². The predicted octanol–water partition coefficient (Wildman–Crippen LogP) is 4.08. The van der Waals surface area contributed by atoms with E-state index in [9.17, 15) is 12.8 Å². The number of nitrogens with one attached hydrogen (secondary N) is 1. The first-order chi connectivity index (χ1) is 11.5. The van der Waals surface area contributed by atoms with Crippen LogP contribution in [0.25, 0.3) is 10.6 Å². The molecule has 0 saturated heterocycles. The van der Waals surface area contributed by atoms with Crippen LogP contribution in [0.1, 0.15) is 5.56 Å². The molecule has 1 N–H and O–H groups in total. The van der Waals surface area contributed by atoms with Crippen molar-refractivity contribution in [1.82, 2.24) is 9.71 Å². The molecule has 0 aliphatic heterocycles. The SMILES string of the molecule is O=S(=O)(NCc1cccnc1-c1cccs1)c1ccc(F)c(Cl)c1. The van der Waals surface area contributed by atoms with Crippen LogP contribution in [-0.2, 0) is 16.6 Å². The van der Waals surface area contributed by atoms with Gasteiger partial charge in [0.2, 0.25) is 10.0 Å². The van der Waals surface area contributed by atoms with Crippen molar-refractivity contribution in [1.29, 1.82) is 0 Å². The van der Waals surface area contributed by atoms with E-state index in [1.807, 2.05) is 23.6 Å². The third kappa shape index (κ3) is 3.64. The summed E-state index contributed by atoms with van der Waals surface area (Å²) in [6.07, 6.45) is 1.66. The van der Waals surface area contributed by atoms with Crippen molar-refractivity contribution < 1.29 is 12.8 Å². The van der Waals surface area contributed by atoms with Gasteiger partial charge in [-0.25, -0.2) is 17.5 Å². The first-order valence-electron chi connectivity index (χ1n) is 6.90. The Morgan fingerprint density at radius 3 is 2.75 bits per heavy atom. The number of halogens is 2. The molecular weight excluding hydrogens is 371 g/mol. The van der Waals surface area contributed by atoms with E-state index in [1.54, 1.807) is 12.3 Å². The number of nitrogens with zero attached hydrogens (tertiary/aromatic N) is 1. The summed E-state index contributed by atoms with van der Waals surface area (Å²) < 4.78 is 40.4. The second kappa shape index (κ2) is 6.98. The van der Waals surface area contributed by atoms with Gasteiger partial charge in [-0.3, -0.25) is 4.98 Å². The highest BCUT2D eigenvalue weighted by Crippen LogP contribution is 2.26. The molecule has 0 aliphatic rings. The Bertz CT molecular complexity index is 960. The van der Waals surface area contributed by atoms with Crippen molar-refractivity contribution in [2.75, 3.05) is 0 Å². The van der Waals surface area contributed by atoms with Crippen molar-refractivity contribution in [2.24, 2.45) is 0 Å². The zero-order valence-electron chi connectivity index (χ0n) is 12.2. The summed E-state index contributed by atoms with van der Waals surface area (Å²) in [5.74, 6) is -0.664. The molecule has 8 heteroatoms. The highest BCUT2D eigenvalue weighted by atomic mass is 35.5. The lowest BCUT2D eigenvalue weighted by Gasteiger charge is -2.10. The van der Waals surface area contributed by atoms with Crippen LogP contribution < -0.4 is 4.72 Å². The quantitative estimate of drug-likeness (QED) is 0.723. The Hall–Kier alpha value is -1.80.